The highest BCUT2D eigenvalue weighted by atomic mass is 15.1. The molecule has 1 N–H and O–H groups in total. The summed E-state index contributed by atoms with van der Waals surface area (Å²) in [7, 11) is 2.16. The molecule has 0 saturated heterocycles. The van der Waals surface area contributed by atoms with Crippen LogP contribution in [0.2, 0.25) is 0 Å². The summed E-state index contributed by atoms with van der Waals surface area (Å²) < 4.78 is 0. The summed E-state index contributed by atoms with van der Waals surface area (Å²) in [5.41, 5.74) is 2.63. The van der Waals surface area contributed by atoms with Gasteiger partial charge in [-0.2, -0.15) is 0 Å². The molecule has 0 aliphatic rings. The van der Waals surface area contributed by atoms with Crippen LogP contribution in [0.3, 0.4) is 0 Å². The minimum Gasteiger partial charge on any atom is -0.373 e. The quantitative estimate of drug-likeness (QED) is 0.677. The Bertz CT molecular complexity index is 349. The van der Waals surface area contributed by atoms with E-state index >= 15 is 0 Å². The van der Waals surface area contributed by atoms with Gasteiger partial charge in [0.1, 0.15) is 0 Å². The third kappa shape index (κ3) is 6.63. The molecule has 0 saturated carbocycles. The average molecular weight is 262 g/mol. The van der Waals surface area contributed by atoms with Gasteiger partial charge in [0.25, 0.3) is 0 Å². The van der Waals surface area contributed by atoms with Crippen LogP contribution in [0.25, 0.3) is 0 Å². The fourth-order valence-corrected chi connectivity index (χ4v) is 2.28. The molecule has 1 atom stereocenters. The van der Waals surface area contributed by atoms with E-state index in [0.29, 0.717) is 6.04 Å². The van der Waals surface area contributed by atoms with Crippen molar-refractivity contribution in [3.8, 4) is 0 Å². The van der Waals surface area contributed by atoms with Crippen LogP contribution >= 0.6 is 0 Å². The molecule has 1 aromatic carbocycles. The maximum atomic E-state index is 3.62. The zero-order valence-corrected chi connectivity index (χ0v) is 13.1. The van der Waals surface area contributed by atoms with E-state index in [1.54, 1.807) is 0 Å². The number of hydrogen-bond donors (Lipinski definition) is 1. The standard InChI is InChI=1S/C17H30N2/c1-5-6-7-10-16(3)18-12-13-19(4)17-11-8-9-15(2)14-17/h8-9,11,14,16,18H,5-7,10,12-13H2,1-4H3. The first kappa shape index (κ1) is 16.0. The molecule has 0 bridgehead atoms. The number of rotatable bonds is 9. The van der Waals surface area contributed by atoms with Crippen LogP contribution in [0.5, 0.6) is 0 Å². The number of likely N-dealkylation sites (N-methyl/N-ethyl adjacent to an activating group) is 1. The maximum absolute atomic E-state index is 3.62. The Morgan fingerprint density at radius 1 is 1.26 bits per heavy atom. The van der Waals surface area contributed by atoms with E-state index in [0.717, 1.165) is 13.1 Å². The summed E-state index contributed by atoms with van der Waals surface area (Å²) in [6, 6.07) is 9.33. The average Bonchev–Trinajstić information content (AvgIpc) is 2.39. The Morgan fingerprint density at radius 3 is 2.74 bits per heavy atom. The van der Waals surface area contributed by atoms with Gasteiger partial charge in [-0.3, -0.25) is 0 Å². The number of benzene rings is 1. The number of nitrogens with one attached hydrogen (secondary N) is 1. The van der Waals surface area contributed by atoms with Crippen LogP contribution in [-0.2, 0) is 0 Å². The van der Waals surface area contributed by atoms with Crippen molar-refractivity contribution in [3.63, 3.8) is 0 Å². The van der Waals surface area contributed by atoms with Gasteiger partial charge in [0.2, 0.25) is 0 Å². The van der Waals surface area contributed by atoms with Gasteiger partial charge in [-0.25, -0.2) is 0 Å². The van der Waals surface area contributed by atoms with E-state index in [9.17, 15) is 0 Å². The fourth-order valence-electron chi connectivity index (χ4n) is 2.28. The van der Waals surface area contributed by atoms with Crippen molar-refractivity contribution in [2.45, 2.75) is 52.5 Å². The van der Waals surface area contributed by atoms with E-state index in [-0.39, 0.29) is 0 Å². The predicted molar refractivity (Wildman–Crippen MR) is 86.1 cm³/mol. The van der Waals surface area contributed by atoms with Gasteiger partial charge < -0.3 is 10.2 Å². The van der Waals surface area contributed by atoms with E-state index < -0.39 is 0 Å². The fraction of sp³-hybridized carbons (Fsp3) is 0.647. The Labute approximate surface area is 119 Å². The van der Waals surface area contributed by atoms with Crippen LogP contribution in [0, 0.1) is 6.92 Å². The Balaban J connectivity index is 2.21. The van der Waals surface area contributed by atoms with E-state index in [1.807, 2.05) is 0 Å². The largest absolute Gasteiger partial charge is 0.373 e. The second-order valence-electron chi connectivity index (χ2n) is 5.61. The van der Waals surface area contributed by atoms with Gasteiger partial charge in [-0.05, 0) is 38.0 Å². The minimum absolute atomic E-state index is 0.637. The van der Waals surface area contributed by atoms with Crippen LogP contribution < -0.4 is 10.2 Å². The molecule has 108 valence electrons. The summed E-state index contributed by atoms with van der Waals surface area (Å²) in [4.78, 5) is 2.32. The van der Waals surface area contributed by atoms with E-state index in [4.69, 9.17) is 0 Å². The van der Waals surface area contributed by atoms with Gasteiger partial charge in [0.15, 0.2) is 0 Å². The van der Waals surface area contributed by atoms with Crippen molar-refractivity contribution in [2.24, 2.45) is 0 Å². The monoisotopic (exact) mass is 262 g/mol. The molecule has 0 aromatic heterocycles. The van der Waals surface area contributed by atoms with Gasteiger partial charge in [-0.15, -0.1) is 0 Å². The summed E-state index contributed by atoms with van der Waals surface area (Å²) >= 11 is 0. The smallest absolute Gasteiger partial charge is 0.0366 e. The van der Waals surface area contributed by atoms with Crippen molar-refractivity contribution in [2.75, 3.05) is 25.0 Å². The molecular weight excluding hydrogens is 232 g/mol. The number of anilines is 1. The molecule has 2 nitrogen and oxygen atoms in total. The van der Waals surface area contributed by atoms with Crippen molar-refractivity contribution < 1.29 is 0 Å². The Hall–Kier alpha value is -1.02. The predicted octanol–water partition coefficient (Wildman–Crippen LogP) is 3.99. The zero-order chi connectivity index (χ0) is 14.1. The van der Waals surface area contributed by atoms with Crippen LogP contribution in [0.1, 0.15) is 45.1 Å². The zero-order valence-electron chi connectivity index (χ0n) is 13.1. The van der Waals surface area contributed by atoms with Crippen molar-refractivity contribution in [1.29, 1.82) is 0 Å². The van der Waals surface area contributed by atoms with E-state index in [1.165, 1.54) is 36.9 Å². The van der Waals surface area contributed by atoms with Gasteiger partial charge in [0.05, 0.1) is 0 Å². The highest BCUT2D eigenvalue weighted by molar-refractivity contribution is 5.47. The molecule has 1 rings (SSSR count). The lowest BCUT2D eigenvalue weighted by atomic mass is 10.1. The molecule has 0 heterocycles. The molecule has 1 unspecified atom stereocenters. The first-order valence-corrected chi connectivity index (χ1v) is 7.64. The molecule has 0 spiro atoms. The summed E-state index contributed by atoms with van der Waals surface area (Å²) in [5.74, 6) is 0. The van der Waals surface area contributed by atoms with Crippen LogP contribution in [0.4, 0.5) is 5.69 Å². The molecule has 2 heteroatoms. The normalized spacial score (nSPS) is 12.4. The maximum Gasteiger partial charge on any atom is 0.0366 e. The molecule has 0 aliphatic carbocycles. The molecule has 0 radical (unpaired) electrons. The first-order chi connectivity index (χ1) is 9.13. The van der Waals surface area contributed by atoms with Crippen molar-refractivity contribution in [1.82, 2.24) is 5.32 Å². The molecule has 0 aliphatic heterocycles. The summed E-state index contributed by atoms with van der Waals surface area (Å²) in [6.07, 6.45) is 5.30. The number of aryl methyl sites for hydroxylation is 1. The topological polar surface area (TPSA) is 15.3 Å². The Kier molecular flexibility index (Phi) is 7.57. The minimum atomic E-state index is 0.637. The van der Waals surface area contributed by atoms with Crippen molar-refractivity contribution >= 4 is 5.69 Å². The van der Waals surface area contributed by atoms with Crippen LogP contribution in [-0.4, -0.2) is 26.2 Å². The van der Waals surface area contributed by atoms with Crippen LogP contribution in [0.15, 0.2) is 24.3 Å². The molecule has 0 amide bonds. The van der Waals surface area contributed by atoms with Gasteiger partial charge in [-0.1, -0.05) is 38.3 Å². The second-order valence-corrected chi connectivity index (χ2v) is 5.61. The van der Waals surface area contributed by atoms with E-state index in [2.05, 4.69) is 62.3 Å². The highest BCUT2D eigenvalue weighted by Crippen LogP contribution is 2.13. The number of nitrogens with zero attached hydrogens (tertiary/aromatic N) is 1. The van der Waals surface area contributed by atoms with Gasteiger partial charge >= 0.3 is 0 Å². The highest BCUT2D eigenvalue weighted by Gasteiger charge is 2.03. The van der Waals surface area contributed by atoms with Gasteiger partial charge in [0, 0.05) is 31.9 Å². The molecular formula is C17H30N2. The number of unbranched alkanes of at least 4 members (excludes halogenated alkanes) is 2. The Morgan fingerprint density at radius 2 is 2.05 bits per heavy atom. The molecule has 0 fully saturated rings. The SMILES string of the molecule is CCCCCC(C)NCCN(C)c1cccc(C)c1. The molecule has 1 aromatic rings. The third-order valence-corrected chi connectivity index (χ3v) is 3.62. The first-order valence-electron chi connectivity index (χ1n) is 7.64. The molecule has 19 heavy (non-hydrogen) atoms. The number of hydrogen-bond acceptors (Lipinski definition) is 2. The lowest BCUT2D eigenvalue weighted by Crippen LogP contribution is -2.34. The summed E-state index contributed by atoms with van der Waals surface area (Å²) in [6.45, 7) is 8.81. The lowest BCUT2D eigenvalue weighted by molar-refractivity contribution is 0.491. The van der Waals surface area contributed by atoms with Crippen molar-refractivity contribution in [3.05, 3.63) is 29.8 Å². The summed E-state index contributed by atoms with van der Waals surface area (Å²) in [5, 5.41) is 3.62. The lowest BCUT2D eigenvalue weighted by Gasteiger charge is -2.21. The second kappa shape index (κ2) is 8.98. The third-order valence-electron chi connectivity index (χ3n) is 3.62.